The van der Waals surface area contributed by atoms with Crippen LogP contribution in [-0.2, 0) is 14.3 Å². The molecule has 2 rings (SSSR count). The average Bonchev–Trinajstić information content (AvgIpc) is 2.47. The summed E-state index contributed by atoms with van der Waals surface area (Å²) in [5, 5.41) is 2.88. The Morgan fingerprint density at radius 2 is 2.13 bits per heavy atom. The Morgan fingerprint density at radius 3 is 2.83 bits per heavy atom. The van der Waals surface area contributed by atoms with E-state index >= 15 is 0 Å². The van der Waals surface area contributed by atoms with Crippen LogP contribution >= 0.6 is 0 Å². The number of morpholine rings is 1. The highest BCUT2D eigenvalue weighted by atomic mass is 16.5. The lowest BCUT2D eigenvalue weighted by atomic mass is 10.2. The van der Waals surface area contributed by atoms with Gasteiger partial charge in [0.25, 0.3) is 0 Å². The number of ether oxygens (including phenoxy) is 1. The summed E-state index contributed by atoms with van der Waals surface area (Å²) in [5.74, 6) is -0.398. The number of nitrogens with one attached hydrogen (secondary N) is 1. The van der Waals surface area contributed by atoms with Crippen molar-refractivity contribution >= 4 is 17.5 Å². The van der Waals surface area contributed by atoms with E-state index in [1.54, 1.807) is 0 Å². The minimum absolute atomic E-state index is 0.0300. The fourth-order valence-corrected chi connectivity index (χ4v) is 2.64. The van der Waals surface area contributed by atoms with Crippen LogP contribution in [0.5, 0.6) is 0 Å². The fraction of sp³-hybridized carbons (Fsp3) is 0.500. The van der Waals surface area contributed by atoms with Crippen molar-refractivity contribution in [2.45, 2.75) is 6.10 Å². The number of amides is 2. The molecule has 0 aromatic heterocycles. The predicted octanol–water partition coefficient (Wildman–Crippen LogP) is -0.257. The molecule has 1 aromatic rings. The molecule has 1 aliphatic rings. The van der Waals surface area contributed by atoms with Gasteiger partial charge in [-0.15, -0.1) is 0 Å². The van der Waals surface area contributed by atoms with Crippen molar-refractivity contribution in [3.05, 3.63) is 30.3 Å². The summed E-state index contributed by atoms with van der Waals surface area (Å²) in [6.45, 7) is 3.10. The van der Waals surface area contributed by atoms with Crippen LogP contribution < -0.4 is 11.1 Å². The number of hydrogen-bond acceptors (Lipinski definition) is 5. The van der Waals surface area contributed by atoms with Crippen molar-refractivity contribution in [3.8, 4) is 0 Å². The van der Waals surface area contributed by atoms with Gasteiger partial charge in [-0.1, -0.05) is 18.2 Å². The second kappa shape index (κ2) is 8.61. The molecule has 1 aliphatic heterocycles. The summed E-state index contributed by atoms with van der Waals surface area (Å²) in [6.07, 6.45) is -0.0300. The molecule has 7 nitrogen and oxygen atoms in total. The first-order valence-electron chi connectivity index (χ1n) is 7.68. The first-order valence-corrected chi connectivity index (χ1v) is 7.68. The van der Waals surface area contributed by atoms with Gasteiger partial charge in [-0.2, -0.15) is 0 Å². The summed E-state index contributed by atoms with van der Waals surface area (Å²) in [6, 6.07) is 9.40. The standard InChI is InChI=1S/C16H24N4O3/c1-19(11-15(17)21)9-14-10-20(7-8-23-14)12-16(22)18-13-5-3-2-4-6-13/h2-6,14H,7-12H2,1H3,(H2,17,21)(H,18,22)/t14-/m1/s1. The van der Waals surface area contributed by atoms with E-state index in [1.165, 1.54) is 0 Å². The van der Waals surface area contributed by atoms with Crippen molar-refractivity contribution in [1.82, 2.24) is 9.80 Å². The van der Waals surface area contributed by atoms with Crippen molar-refractivity contribution in [2.24, 2.45) is 5.73 Å². The molecule has 0 aliphatic carbocycles. The van der Waals surface area contributed by atoms with Crippen LogP contribution in [0.3, 0.4) is 0 Å². The highest BCUT2D eigenvalue weighted by Gasteiger charge is 2.23. The SMILES string of the molecule is CN(CC(N)=O)C[C@@H]1CN(CC(=O)Nc2ccccc2)CCO1. The van der Waals surface area contributed by atoms with Crippen LogP contribution in [-0.4, -0.2) is 74.1 Å². The monoisotopic (exact) mass is 320 g/mol. The second-order valence-corrected chi connectivity index (χ2v) is 5.81. The molecule has 1 atom stereocenters. The van der Waals surface area contributed by atoms with E-state index in [9.17, 15) is 9.59 Å². The first kappa shape index (κ1) is 17.4. The van der Waals surface area contributed by atoms with Gasteiger partial charge in [0.2, 0.25) is 11.8 Å². The van der Waals surface area contributed by atoms with Crippen molar-refractivity contribution in [2.75, 3.05) is 51.7 Å². The Hall–Kier alpha value is -1.96. The molecule has 0 spiro atoms. The quantitative estimate of drug-likeness (QED) is 0.723. The number of carbonyl (C=O) groups is 2. The van der Waals surface area contributed by atoms with Crippen LogP contribution in [0.1, 0.15) is 0 Å². The third-order valence-electron chi connectivity index (χ3n) is 3.59. The lowest BCUT2D eigenvalue weighted by Gasteiger charge is -2.34. The van der Waals surface area contributed by atoms with Crippen LogP contribution in [0.4, 0.5) is 5.69 Å². The highest BCUT2D eigenvalue weighted by molar-refractivity contribution is 5.92. The molecular weight excluding hydrogens is 296 g/mol. The normalized spacial score (nSPS) is 18.8. The van der Waals surface area contributed by atoms with Crippen LogP contribution in [0.15, 0.2) is 30.3 Å². The molecule has 2 amide bonds. The Labute approximate surface area is 136 Å². The molecule has 1 heterocycles. The van der Waals surface area contributed by atoms with Gasteiger partial charge in [0.15, 0.2) is 0 Å². The molecule has 23 heavy (non-hydrogen) atoms. The minimum atomic E-state index is -0.359. The fourth-order valence-electron chi connectivity index (χ4n) is 2.64. The molecule has 1 aromatic carbocycles. The number of nitrogens with zero attached hydrogens (tertiary/aromatic N) is 2. The molecular formula is C16H24N4O3. The molecule has 1 saturated heterocycles. The number of hydrogen-bond donors (Lipinski definition) is 2. The second-order valence-electron chi connectivity index (χ2n) is 5.81. The Morgan fingerprint density at radius 1 is 1.39 bits per heavy atom. The van der Waals surface area contributed by atoms with E-state index < -0.39 is 0 Å². The van der Waals surface area contributed by atoms with E-state index in [0.29, 0.717) is 26.2 Å². The van der Waals surface area contributed by atoms with Gasteiger partial charge >= 0.3 is 0 Å². The maximum atomic E-state index is 12.1. The van der Waals surface area contributed by atoms with E-state index in [-0.39, 0.29) is 24.5 Å². The lowest BCUT2D eigenvalue weighted by molar-refractivity contribution is -0.120. The number of nitrogens with two attached hydrogens (primary N) is 1. The Kier molecular flexibility index (Phi) is 6.52. The van der Waals surface area contributed by atoms with Gasteiger partial charge in [-0.3, -0.25) is 19.4 Å². The zero-order valence-corrected chi connectivity index (χ0v) is 13.4. The number of primary amides is 1. The smallest absolute Gasteiger partial charge is 0.238 e. The van der Waals surface area contributed by atoms with Gasteiger partial charge in [0.05, 0.1) is 25.8 Å². The topological polar surface area (TPSA) is 87.9 Å². The number of anilines is 1. The number of carbonyl (C=O) groups excluding carboxylic acids is 2. The molecule has 0 radical (unpaired) electrons. The van der Waals surface area contributed by atoms with Gasteiger partial charge in [-0.05, 0) is 19.2 Å². The maximum absolute atomic E-state index is 12.1. The lowest BCUT2D eigenvalue weighted by Crippen LogP contribution is -2.49. The van der Waals surface area contributed by atoms with Gasteiger partial charge in [-0.25, -0.2) is 0 Å². The summed E-state index contributed by atoms with van der Waals surface area (Å²) in [5.41, 5.74) is 5.98. The zero-order chi connectivity index (χ0) is 16.7. The molecule has 126 valence electrons. The van der Waals surface area contributed by atoms with E-state index in [0.717, 1.165) is 12.2 Å². The average molecular weight is 320 g/mol. The van der Waals surface area contributed by atoms with Gasteiger partial charge < -0.3 is 15.8 Å². The summed E-state index contributed by atoms with van der Waals surface area (Å²) >= 11 is 0. The number of benzene rings is 1. The number of para-hydroxylation sites is 1. The van der Waals surface area contributed by atoms with E-state index in [4.69, 9.17) is 10.5 Å². The van der Waals surface area contributed by atoms with E-state index in [2.05, 4.69) is 10.2 Å². The Bertz CT molecular complexity index is 523. The maximum Gasteiger partial charge on any atom is 0.238 e. The number of rotatable bonds is 7. The van der Waals surface area contributed by atoms with Crippen LogP contribution in [0.25, 0.3) is 0 Å². The summed E-state index contributed by atoms with van der Waals surface area (Å²) in [7, 11) is 1.83. The van der Waals surface area contributed by atoms with Gasteiger partial charge in [0.1, 0.15) is 0 Å². The third kappa shape index (κ3) is 6.35. The molecule has 0 saturated carbocycles. The third-order valence-corrected chi connectivity index (χ3v) is 3.59. The zero-order valence-electron chi connectivity index (χ0n) is 13.4. The predicted molar refractivity (Wildman–Crippen MR) is 87.9 cm³/mol. The van der Waals surface area contributed by atoms with Crippen molar-refractivity contribution in [3.63, 3.8) is 0 Å². The molecule has 1 fully saturated rings. The number of likely N-dealkylation sites (N-methyl/N-ethyl adjacent to an activating group) is 1. The Balaban J connectivity index is 1.77. The molecule has 0 unspecified atom stereocenters. The van der Waals surface area contributed by atoms with Crippen LogP contribution in [0, 0.1) is 0 Å². The highest BCUT2D eigenvalue weighted by Crippen LogP contribution is 2.08. The van der Waals surface area contributed by atoms with Gasteiger partial charge in [0, 0.05) is 25.3 Å². The van der Waals surface area contributed by atoms with Crippen molar-refractivity contribution in [1.29, 1.82) is 0 Å². The van der Waals surface area contributed by atoms with Crippen molar-refractivity contribution < 1.29 is 14.3 Å². The summed E-state index contributed by atoms with van der Waals surface area (Å²) < 4.78 is 5.69. The minimum Gasteiger partial charge on any atom is -0.374 e. The molecule has 3 N–H and O–H groups in total. The molecule has 0 bridgehead atoms. The largest absolute Gasteiger partial charge is 0.374 e. The first-order chi connectivity index (χ1) is 11.0. The molecule has 7 heteroatoms. The summed E-state index contributed by atoms with van der Waals surface area (Å²) in [4.78, 5) is 26.9. The van der Waals surface area contributed by atoms with Crippen LogP contribution in [0.2, 0.25) is 0 Å². The van der Waals surface area contributed by atoms with E-state index in [1.807, 2.05) is 42.3 Å².